The lowest BCUT2D eigenvalue weighted by Gasteiger charge is -2.32. The summed E-state index contributed by atoms with van der Waals surface area (Å²) < 4.78 is 3.20. The van der Waals surface area contributed by atoms with E-state index in [0.717, 1.165) is 36.0 Å². The van der Waals surface area contributed by atoms with Gasteiger partial charge in [0.2, 0.25) is 5.91 Å². The molecule has 0 radical (unpaired) electrons. The van der Waals surface area contributed by atoms with Crippen LogP contribution in [-0.2, 0) is 17.9 Å². The molecule has 0 spiro atoms. The third-order valence-corrected chi connectivity index (χ3v) is 4.53. The van der Waals surface area contributed by atoms with Gasteiger partial charge in [0.25, 0.3) is 11.1 Å². The van der Waals surface area contributed by atoms with Gasteiger partial charge in [0, 0.05) is 44.2 Å². The number of carbonyl (C=O) groups excluding carboxylic acids is 1. The van der Waals surface area contributed by atoms with E-state index >= 15 is 0 Å². The Morgan fingerprint density at radius 3 is 2.71 bits per heavy atom. The molecule has 24 heavy (non-hydrogen) atoms. The van der Waals surface area contributed by atoms with Crippen molar-refractivity contribution in [3.05, 3.63) is 51.1 Å². The molecule has 0 saturated carbocycles. The average Bonchev–Trinajstić information content (AvgIpc) is 2.96. The molecule has 1 saturated heterocycles. The van der Waals surface area contributed by atoms with Gasteiger partial charge in [-0.25, -0.2) is 9.67 Å². The highest BCUT2D eigenvalue weighted by Crippen LogP contribution is 2.19. The van der Waals surface area contributed by atoms with Crippen LogP contribution in [0.3, 0.4) is 0 Å². The Kier molecular flexibility index (Phi) is 4.64. The van der Waals surface area contributed by atoms with Crippen LogP contribution in [0, 0.1) is 12.8 Å². The van der Waals surface area contributed by atoms with E-state index in [9.17, 15) is 14.4 Å². The molecule has 2 aromatic rings. The average molecular weight is 331 g/mol. The SMILES string of the molecule is Cc1nccn1CC1CCN(C(=O)Cn2[nH]c(=O)ccc2=O)CC1. The van der Waals surface area contributed by atoms with Crippen molar-refractivity contribution in [3.8, 4) is 0 Å². The second-order valence-corrected chi connectivity index (χ2v) is 6.18. The Morgan fingerprint density at radius 1 is 1.29 bits per heavy atom. The first-order valence-electron chi connectivity index (χ1n) is 8.08. The zero-order chi connectivity index (χ0) is 17.1. The van der Waals surface area contributed by atoms with Crippen LogP contribution in [0.15, 0.2) is 34.1 Å². The summed E-state index contributed by atoms with van der Waals surface area (Å²) in [6, 6.07) is 2.33. The third-order valence-electron chi connectivity index (χ3n) is 4.53. The summed E-state index contributed by atoms with van der Waals surface area (Å²) in [6.45, 7) is 4.11. The summed E-state index contributed by atoms with van der Waals surface area (Å²) >= 11 is 0. The minimum absolute atomic E-state index is 0.125. The number of nitrogens with zero attached hydrogens (tertiary/aromatic N) is 4. The molecule has 0 aromatic carbocycles. The fourth-order valence-electron chi connectivity index (χ4n) is 3.05. The minimum Gasteiger partial charge on any atom is -0.341 e. The fraction of sp³-hybridized carbons (Fsp3) is 0.500. The molecule has 1 aliphatic rings. The van der Waals surface area contributed by atoms with Crippen molar-refractivity contribution in [1.29, 1.82) is 0 Å². The first kappa shape index (κ1) is 16.2. The predicted molar refractivity (Wildman–Crippen MR) is 87.6 cm³/mol. The van der Waals surface area contributed by atoms with Crippen LogP contribution in [0.4, 0.5) is 0 Å². The Morgan fingerprint density at radius 2 is 2.04 bits per heavy atom. The highest BCUT2D eigenvalue weighted by molar-refractivity contribution is 5.75. The third kappa shape index (κ3) is 3.64. The highest BCUT2D eigenvalue weighted by Gasteiger charge is 2.23. The number of hydrogen-bond donors (Lipinski definition) is 1. The number of likely N-dealkylation sites (tertiary alicyclic amines) is 1. The van der Waals surface area contributed by atoms with E-state index in [-0.39, 0.29) is 18.0 Å². The van der Waals surface area contributed by atoms with Gasteiger partial charge in [-0.15, -0.1) is 0 Å². The van der Waals surface area contributed by atoms with Crippen LogP contribution >= 0.6 is 0 Å². The molecule has 1 N–H and O–H groups in total. The van der Waals surface area contributed by atoms with E-state index < -0.39 is 5.56 Å². The molecule has 2 aromatic heterocycles. The fourth-order valence-corrected chi connectivity index (χ4v) is 3.05. The summed E-state index contributed by atoms with van der Waals surface area (Å²) in [5.74, 6) is 1.37. The highest BCUT2D eigenvalue weighted by atomic mass is 16.2. The number of carbonyl (C=O) groups is 1. The number of piperidine rings is 1. The van der Waals surface area contributed by atoms with E-state index in [1.165, 1.54) is 6.07 Å². The maximum Gasteiger partial charge on any atom is 0.265 e. The van der Waals surface area contributed by atoms with Crippen LogP contribution in [0.2, 0.25) is 0 Å². The molecule has 0 aliphatic carbocycles. The number of rotatable bonds is 4. The van der Waals surface area contributed by atoms with Gasteiger partial charge in [-0.1, -0.05) is 0 Å². The molecule has 1 fully saturated rings. The van der Waals surface area contributed by atoms with Crippen molar-refractivity contribution in [2.24, 2.45) is 5.92 Å². The maximum atomic E-state index is 12.3. The van der Waals surface area contributed by atoms with Gasteiger partial charge < -0.3 is 9.47 Å². The van der Waals surface area contributed by atoms with Crippen molar-refractivity contribution < 1.29 is 4.79 Å². The Labute approximate surface area is 138 Å². The zero-order valence-electron chi connectivity index (χ0n) is 13.6. The topological polar surface area (TPSA) is 93.0 Å². The van der Waals surface area contributed by atoms with Gasteiger partial charge >= 0.3 is 0 Å². The monoisotopic (exact) mass is 331 g/mol. The number of nitrogens with one attached hydrogen (secondary N) is 1. The van der Waals surface area contributed by atoms with Crippen LogP contribution in [0.1, 0.15) is 18.7 Å². The second kappa shape index (κ2) is 6.86. The largest absolute Gasteiger partial charge is 0.341 e. The van der Waals surface area contributed by atoms with Gasteiger partial charge in [0.15, 0.2) is 0 Å². The van der Waals surface area contributed by atoms with Gasteiger partial charge in [-0.3, -0.25) is 19.5 Å². The molecule has 8 nitrogen and oxygen atoms in total. The molecule has 1 amide bonds. The van der Waals surface area contributed by atoms with Crippen LogP contribution in [0.25, 0.3) is 0 Å². The number of aromatic amines is 1. The molecule has 3 heterocycles. The smallest absolute Gasteiger partial charge is 0.265 e. The van der Waals surface area contributed by atoms with Crippen molar-refractivity contribution >= 4 is 5.91 Å². The summed E-state index contributed by atoms with van der Waals surface area (Å²) in [6.07, 6.45) is 5.62. The number of aromatic nitrogens is 4. The Bertz CT molecular complexity index is 826. The number of amides is 1. The first-order chi connectivity index (χ1) is 11.5. The Hall–Kier alpha value is -2.64. The summed E-state index contributed by atoms with van der Waals surface area (Å²) in [4.78, 5) is 41.3. The molecule has 3 rings (SSSR count). The number of imidazole rings is 1. The number of H-pyrrole nitrogens is 1. The van der Waals surface area contributed by atoms with Gasteiger partial charge in [0.05, 0.1) is 0 Å². The van der Waals surface area contributed by atoms with E-state index in [2.05, 4.69) is 14.6 Å². The van der Waals surface area contributed by atoms with Crippen molar-refractivity contribution in [2.45, 2.75) is 32.9 Å². The number of aryl methyl sites for hydroxylation is 1. The Balaban J connectivity index is 1.55. The lowest BCUT2D eigenvalue weighted by Crippen LogP contribution is -2.43. The second-order valence-electron chi connectivity index (χ2n) is 6.18. The molecule has 1 aliphatic heterocycles. The van der Waals surface area contributed by atoms with Crippen molar-refractivity contribution in [1.82, 2.24) is 24.2 Å². The lowest BCUT2D eigenvalue weighted by molar-refractivity contribution is -0.133. The van der Waals surface area contributed by atoms with E-state index in [0.29, 0.717) is 19.0 Å². The standard InChI is InChI=1S/C16H21N5O3/c1-12-17-6-9-20(12)10-13-4-7-19(8-5-13)16(24)11-21-15(23)3-2-14(22)18-21/h2-3,6,9,13H,4-5,7-8,10-11H2,1H3,(H,18,22). The molecule has 8 heteroatoms. The molecule has 0 unspecified atom stereocenters. The zero-order valence-corrected chi connectivity index (χ0v) is 13.6. The van der Waals surface area contributed by atoms with Gasteiger partial charge in [-0.2, -0.15) is 0 Å². The van der Waals surface area contributed by atoms with Crippen LogP contribution < -0.4 is 11.1 Å². The first-order valence-corrected chi connectivity index (χ1v) is 8.08. The molecular weight excluding hydrogens is 310 g/mol. The van der Waals surface area contributed by atoms with Gasteiger partial charge in [0.1, 0.15) is 12.4 Å². The maximum absolute atomic E-state index is 12.3. The van der Waals surface area contributed by atoms with Crippen molar-refractivity contribution in [2.75, 3.05) is 13.1 Å². The predicted octanol–water partition coefficient (Wildman–Crippen LogP) is -0.0197. The molecular formula is C16H21N5O3. The summed E-state index contributed by atoms with van der Waals surface area (Å²) in [5.41, 5.74) is -0.773. The van der Waals surface area contributed by atoms with Crippen LogP contribution in [-0.4, -0.2) is 43.2 Å². The number of hydrogen-bond acceptors (Lipinski definition) is 4. The van der Waals surface area contributed by atoms with Gasteiger partial charge in [-0.05, 0) is 25.7 Å². The quantitative estimate of drug-likeness (QED) is 0.852. The van der Waals surface area contributed by atoms with Crippen LogP contribution in [0.5, 0.6) is 0 Å². The molecule has 128 valence electrons. The molecule has 0 atom stereocenters. The lowest BCUT2D eigenvalue weighted by atomic mass is 9.96. The van der Waals surface area contributed by atoms with E-state index in [1.807, 2.05) is 13.1 Å². The van der Waals surface area contributed by atoms with Crippen molar-refractivity contribution in [3.63, 3.8) is 0 Å². The van der Waals surface area contributed by atoms with E-state index in [4.69, 9.17) is 0 Å². The van der Waals surface area contributed by atoms with E-state index in [1.54, 1.807) is 11.1 Å². The summed E-state index contributed by atoms with van der Waals surface area (Å²) in [5, 5.41) is 2.38. The summed E-state index contributed by atoms with van der Waals surface area (Å²) in [7, 11) is 0. The minimum atomic E-state index is -0.392. The normalized spacial score (nSPS) is 15.6. The molecule has 0 bridgehead atoms.